The lowest BCUT2D eigenvalue weighted by molar-refractivity contribution is -0.152. The molecule has 3 N–H and O–H groups in total. The predicted molar refractivity (Wildman–Crippen MR) is 167 cm³/mol. The fourth-order valence-electron chi connectivity index (χ4n) is 6.26. The fraction of sp³-hybridized carbons (Fsp3) is 0.486. The highest BCUT2D eigenvalue weighted by atomic mass is 16.6. The SMILES string of the molecule is CC(=O)OC1=C(C)[C@@H](O)C[C@@H](OC(=O)C=Cc2ccccc2)C(CO)=C[C@@H](O)[C@H]2C[C@@H](OC(C)=O)C(C)=C([C@@H]1OC(C)=O)C2(C)C. The van der Waals surface area contributed by atoms with Gasteiger partial charge < -0.3 is 34.3 Å². The lowest BCUT2D eigenvalue weighted by atomic mass is 9.60. The molecule has 2 aliphatic rings. The number of hydrogen-bond acceptors (Lipinski definition) is 11. The molecular weight excluding hydrogens is 596 g/mol. The Morgan fingerprint density at radius 1 is 0.870 bits per heavy atom. The van der Waals surface area contributed by atoms with Gasteiger partial charge in [0.1, 0.15) is 12.2 Å². The molecular formula is C35H44O11. The number of ether oxygens (including phenoxy) is 4. The highest BCUT2D eigenvalue weighted by Gasteiger charge is 2.50. The Labute approximate surface area is 269 Å². The van der Waals surface area contributed by atoms with Crippen molar-refractivity contribution < 1.29 is 53.4 Å². The van der Waals surface area contributed by atoms with E-state index in [4.69, 9.17) is 18.9 Å². The lowest BCUT2D eigenvalue weighted by Crippen LogP contribution is -2.48. The standard InChI is InChI=1S/C35H44O11/c1-19-27(40)17-30(46-31(42)14-13-24-11-9-8-10-12-24)25(18-36)15-28(41)26-16-29(43-21(3)37)20(2)32(35(26,6)7)34(45-23(5)39)33(19)44-22(4)38/h8-15,26-30,34,36,40-41H,16-18H2,1-7H3/t26-,27+,28-,29-,30-,34+/m1/s1. The summed E-state index contributed by atoms with van der Waals surface area (Å²) in [5.74, 6) is -3.69. The minimum atomic E-state index is -1.44. The minimum absolute atomic E-state index is 0.1000. The molecule has 0 saturated carbocycles. The van der Waals surface area contributed by atoms with Gasteiger partial charge in [-0.05, 0) is 59.6 Å². The first-order chi connectivity index (χ1) is 21.6. The van der Waals surface area contributed by atoms with Gasteiger partial charge in [-0.1, -0.05) is 50.3 Å². The number of carbonyl (C=O) groups excluding carboxylic acids is 4. The van der Waals surface area contributed by atoms with Crippen LogP contribution in [0.5, 0.6) is 0 Å². The molecule has 11 nitrogen and oxygen atoms in total. The Kier molecular flexibility index (Phi) is 12.3. The molecule has 6 atom stereocenters. The second-order valence-electron chi connectivity index (χ2n) is 12.2. The third kappa shape index (κ3) is 8.80. The third-order valence-corrected chi connectivity index (χ3v) is 8.53. The molecule has 11 heteroatoms. The van der Waals surface area contributed by atoms with Crippen molar-refractivity contribution in [3.05, 3.63) is 76.1 Å². The van der Waals surface area contributed by atoms with Gasteiger partial charge in [-0.2, -0.15) is 0 Å². The van der Waals surface area contributed by atoms with Crippen LogP contribution >= 0.6 is 0 Å². The topological polar surface area (TPSA) is 166 Å². The van der Waals surface area contributed by atoms with Crippen LogP contribution in [0.4, 0.5) is 0 Å². The monoisotopic (exact) mass is 640 g/mol. The summed E-state index contributed by atoms with van der Waals surface area (Å²) < 4.78 is 22.8. The third-order valence-electron chi connectivity index (χ3n) is 8.53. The number of carbonyl (C=O) groups is 4. The molecule has 250 valence electrons. The van der Waals surface area contributed by atoms with Crippen LogP contribution in [0.2, 0.25) is 0 Å². The molecule has 0 amide bonds. The first-order valence-corrected chi connectivity index (χ1v) is 15.1. The van der Waals surface area contributed by atoms with Gasteiger partial charge in [0.25, 0.3) is 0 Å². The summed E-state index contributed by atoms with van der Waals surface area (Å²) in [6.45, 7) is 9.78. The second-order valence-corrected chi connectivity index (χ2v) is 12.2. The van der Waals surface area contributed by atoms with Crippen molar-refractivity contribution in [1.82, 2.24) is 0 Å². The van der Waals surface area contributed by atoms with Crippen molar-refractivity contribution in [1.29, 1.82) is 0 Å². The Morgan fingerprint density at radius 3 is 2.07 bits per heavy atom. The van der Waals surface area contributed by atoms with Gasteiger partial charge in [-0.15, -0.1) is 0 Å². The van der Waals surface area contributed by atoms with Gasteiger partial charge in [-0.3, -0.25) is 14.4 Å². The molecule has 0 spiro atoms. The van der Waals surface area contributed by atoms with Gasteiger partial charge in [-0.25, -0.2) is 4.79 Å². The highest BCUT2D eigenvalue weighted by Crippen LogP contribution is 2.51. The van der Waals surface area contributed by atoms with Gasteiger partial charge in [0.15, 0.2) is 11.9 Å². The van der Waals surface area contributed by atoms with E-state index < -0.39 is 72.3 Å². The predicted octanol–water partition coefficient (Wildman–Crippen LogP) is 3.72. The molecule has 1 aromatic rings. The summed E-state index contributed by atoms with van der Waals surface area (Å²) in [6, 6.07) is 9.04. The van der Waals surface area contributed by atoms with Gasteiger partial charge in [0.05, 0.1) is 18.8 Å². The van der Waals surface area contributed by atoms with Crippen molar-refractivity contribution in [3.63, 3.8) is 0 Å². The molecule has 2 aliphatic carbocycles. The zero-order valence-electron chi connectivity index (χ0n) is 27.3. The molecule has 0 saturated heterocycles. The molecule has 0 unspecified atom stereocenters. The summed E-state index contributed by atoms with van der Waals surface area (Å²) in [5.41, 5.74) is 0.914. The largest absolute Gasteiger partial charge is 0.458 e. The summed E-state index contributed by atoms with van der Waals surface area (Å²) in [5, 5.41) is 33.7. The van der Waals surface area contributed by atoms with Crippen molar-refractivity contribution in [3.8, 4) is 0 Å². The number of aliphatic hydroxyl groups excluding tert-OH is 3. The van der Waals surface area contributed by atoms with Crippen molar-refractivity contribution in [2.24, 2.45) is 11.3 Å². The first kappa shape index (κ1) is 36.4. The van der Waals surface area contributed by atoms with Crippen LogP contribution in [-0.4, -0.2) is 76.3 Å². The highest BCUT2D eigenvalue weighted by molar-refractivity contribution is 5.87. The first-order valence-electron chi connectivity index (χ1n) is 15.1. The number of rotatable bonds is 7. The van der Waals surface area contributed by atoms with Gasteiger partial charge >= 0.3 is 23.9 Å². The van der Waals surface area contributed by atoms with Crippen LogP contribution in [-0.2, 0) is 38.1 Å². The minimum Gasteiger partial charge on any atom is -0.458 e. The van der Waals surface area contributed by atoms with E-state index in [1.807, 2.05) is 32.0 Å². The molecule has 2 bridgehead atoms. The van der Waals surface area contributed by atoms with E-state index in [-0.39, 0.29) is 29.7 Å². The number of aliphatic hydroxyl groups is 3. The Bertz CT molecular complexity index is 1430. The van der Waals surface area contributed by atoms with Crippen LogP contribution in [0.3, 0.4) is 0 Å². The summed E-state index contributed by atoms with van der Waals surface area (Å²) in [7, 11) is 0. The van der Waals surface area contributed by atoms with E-state index in [2.05, 4.69) is 0 Å². The van der Waals surface area contributed by atoms with E-state index in [0.717, 1.165) is 12.5 Å². The van der Waals surface area contributed by atoms with E-state index in [1.54, 1.807) is 25.1 Å². The van der Waals surface area contributed by atoms with E-state index >= 15 is 0 Å². The summed E-state index contributed by atoms with van der Waals surface area (Å²) >= 11 is 0. The van der Waals surface area contributed by atoms with Crippen molar-refractivity contribution in [2.75, 3.05) is 6.61 Å². The zero-order chi connectivity index (χ0) is 34.3. The van der Waals surface area contributed by atoms with Crippen molar-refractivity contribution >= 4 is 30.0 Å². The normalized spacial score (nSPS) is 26.8. The fourth-order valence-corrected chi connectivity index (χ4v) is 6.26. The molecule has 46 heavy (non-hydrogen) atoms. The van der Waals surface area contributed by atoms with Crippen LogP contribution in [0.1, 0.15) is 66.9 Å². The maximum absolute atomic E-state index is 13.0. The van der Waals surface area contributed by atoms with E-state index in [0.29, 0.717) is 11.1 Å². The maximum Gasteiger partial charge on any atom is 0.331 e. The molecule has 1 aromatic carbocycles. The van der Waals surface area contributed by atoms with Gasteiger partial charge in [0, 0.05) is 39.2 Å². The molecule has 0 radical (unpaired) electrons. The van der Waals surface area contributed by atoms with Crippen LogP contribution in [0.25, 0.3) is 6.08 Å². The number of esters is 4. The van der Waals surface area contributed by atoms with E-state index in [9.17, 15) is 34.5 Å². The average Bonchev–Trinajstić information content (AvgIpc) is 2.97. The second kappa shape index (κ2) is 15.5. The Morgan fingerprint density at radius 2 is 1.50 bits per heavy atom. The van der Waals surface area contributed by atoms with Crippen LogP contribution < -0.4 is 0 Å². The quantitative estimate of drug-likeness (QED) is 0.172. The van der Waals surface area contributed by atoms with E-state index in [1.165, 1.54) is 32.9 Å². The Hall–Kier alpha value is -4.06. The molecule has 0 heterocycles. The zero-order valence-corrected chi connectivity index (χ0v) is 27.3. The summed E-state index contributed by atoms with van der Waals surface area (Å²) in [4.78, 5) is 50.1. The summed E-state index contributed by atoms with van der Waals surface area (Å²) in [6.07, 6.45) is -2.17. The molecule has 3 rings (SSSR count). The van der Waals surface area contributed by atoms with Crippen LogP contribution in [0, 0.1) is 11.3 Å². The number of hydrogen-bond donors (Lipinski definition) is 3. The van der Waals surface area contributed by atoms with Gasteiger partial charge in [0.2, 0.25) is 0 Å². The maximum atomic E-state index is 13.0. The molecule has 0 aromatic heterocycles. The molecule has 0 aliphatic heterocycles. The van der Waals surface area contributed by atoms with Crippen LogP contribution in [0.15, 0.2) is 70.5 Å². The number of benzene rings is 1. The average molecular weight is 641 g/mol. The number of fused-ring (bicyclic) bond motifs is 2. The lowest BCUT2D eigenvalue weighted by Gasteiger charge is -2.48. The molecule has 0 fully saturated rings. The Balaban J connectivity index is 2.27. The smallest absolute Gasteiger partial charge is 0.331 e. The van der Waals surface area contributed by atoms with Crippen molar-refractivity contribution in [2.45, 2.75) is 91.8 Å².